The van der Waals surface area contributed by atoms with E-state index in [1.165, 1.54) is 9.75 Å². The first kappa shape index (κ1) is 8.47. The minimum Gasteiger partial charge on any atom is -0.303 e. The van der Waals surface area contributed by atoms with Gasteiger partial charge in [-0.15, -0.1) is 11.3 Å². The summed E-state index contributed by atoms with van der Waals surface area (Å²) in [6, 6.07) is 4.19. The Labute approximate surface area is 71.1 Å². The Balaban J connectivity index is 2.57. The van der Waals surface area contributed by atoms with E-state index in [1.54, 1.807) is 11.3 Å². The normalized spacial score (nSPS) is 12.9. The van der Waals surface area contributed by atoms with Crippen LogP contribution in [0.5, 0.6) is 0 Å². The van der Waals surface area contributed by atoms with Crippen LogP contribution >= 0.6 is 11.3 Å². The molecule has 2 heteroatoms. The molecule has 0 aromatic carbocycles. The van der Waals surface area contributed by atoms with Gasteiger partial charge in [-0.05, 0) is 25.5 Å². The third kappa shape index (κ3) is 2.46. The second-order valence-electron chi connectivity index (χ2n) is 2.83. The number of hydrogen-bond donors (Lipinski definition) is 0. The van der Waals surface area contributed by atoms with Gasteiger partial charge in [0.1, 0.15) is 6.29 Å². The fourth-order valence-electron chi connectivity index (χ4n) is 0.960. The summed E-state index contributed by atoms with van der Waals surface area (Å²) in [5.41, 5.74) is 0. The van der Waals surface area contributed by atoms with E-state index >= 15 is 0 Å². The average molecular weight is 168 g/mol. The largest absolute Gasteiger partial charge is 0.303 e. The maximum atomic E-state index is 10.3. The first-order valence-corrected chi connectivity index (χ1v) is 4.54. The third-order valence-electron chi connectivity index (χ3n) is 1.55. The van der Waals surface area contributed by atoms with Gasteiger partial charge >= 0.3 is 0 Å². The lowest BCUT2D eigenvalue weighted by Gasteiger charge is -1.97. The zero-order valence-electron chi connectivity index (χ0n) is 6.83. The monoisotopic (exact) mass is 168 g/mol. The van der Waals surface area contributed by atoms with E-state index in [0.717, 1.165) is 12.7 Å². The van der Waals surface area contributed by atoms with Gasteiger partial charge in [-0.3, -0.25) is 0 Å². The van der Waals surface area contributed by atoms with E-state index < -0.39 is 0 Å². The van der Waals surface area contributed by atoms with Crippen molar-refractivity contribution in [3.05, 3.63) is 21.9 Å². The number of thiophene rings is 1. The summed E-state index contributed by atoms with van der Waals surface area (Å²) in [6.07, 6.45) is 1.90. The maximum Gasteiger partial charge on any atom is 0.123 e. The minimum atomic E-state index is 0.160. The number of aryl methyl sites for hydroxylation is 1. The molecule has 0 aliphatic heterocycles. The standard InChI is InChI=1S/C9H12OS/c1-7(6-10)5-9-4-3-8(2)11-9/h3-4,6-7H,5H2,1-2H3. The van der Waals surface area contributed by atoms with Crippen LogP contribution in [0.4, 0.5) is 0 Å². The molecule has 1 nitrogen and oxygen atoms in total. The van der Waals surface area contributed by atoms with Gasteiger partial charge in [-0.25, -0.2) is 0 Å². The number of carbonyl (C=O) groups is 1. The van der Waals surface area contributed by atoms with Crippen molar-refractivity contribution in [3.8, 4) is 0 Å². The molecule has 0 bridgehead atoms. The van der Waals surface area contributed by atoms with E-state index in [1.807, 2.05) is 6.92 Å². The average Bonchev–Trinajstić information content (AvgIpc) is 2.35. The van der Waals surface area contributed by atoms with Crippen LogP contribution in [0.15, 0.2) is 12.1 Å². The van der Waals surface area contributed by atoms with Crippen molar-refractivity contribution in [1.29, 1.82) is 0 Å². The summed E-state index contributed by atoms with van der Waals surface area (Å²) >= 11 is 1.77. The Morgan fingerprint density at radius 2 is 2.36 bits per heavy atom. The Hall–Kier alpha value is -0.630. The third-order valence-corrected chi connectivity index (χ3v) is 2.57. The smallest absolute Gasteiger partial charge is 0.123 e. The van der Waals surface area contributed by atoms with E-state index in [-0.39, 0.29) is 5.92 Å². The van der Waals surface area contributed by atoms with Gasteiger partial charge in [0.25, 0.3) is 0 Å². The van der Waals surface area contributed by atoms with Gasteiger partial charge in [0.05, 0.1) is 0 Å². The molecule has 0 N–H and O–H groups in total. The molecule has 1 aromatic heterocycles. The number of aldehydes is 1. The number of rotatable bonds is 3. The summed E-state index contributed by atoms with van der Waals surface area (Å²) in [5, 5.41) is 0. The molecular weight excluding hydrogens is 156 g/mol. The quantitative estimate of drug-likeness (QED) is 0.633. The molecule has 1 heterocycles. The van der Waals surface area contributed by atoms with Crippen LogP contribution in [0.25, 0.3) is 0 Å². The zero-order valence-corrected chi connectivity index (χ0v) is 7.65. The van der Waals surface area contributed by atoms with Gasteiger partial charge < -0.3 is 4.79 Å². The topological polar surface area (TPSA) is 17.1 Å². The summed E-state index contributed by atoms with van der Waals surface area (Å²) in [6.45, 7) is 4.03. The van der Waals surface area contributed by atoms with E-state index in [0.29, 0.717) is 0 Å². The van der Waals surface area contributed by atoms with Crippen LogP contribution in [-0.2, 0) is 11.2 Å². The molecule has 1 atom stereocenters. The van der Waals surface area contributed by atoms with E-state index in [4.69, 9.17) is 0 Å². The Bertz CT molecular complexity index is 239. The lowest BCUT2D eigenvalue weighted by atomic mass is 10.1. The van der Waals surface area contributed by atoms with E-state index in [9.17, 15) is 4.79 Å². The van der Waals surface area contributed by atoms with Gasteiger partial charge in [0, 0.05) is 15.7 Å². The van der Waals surface area contributed by atoms with Crippen LogP contribution in [0, 0.1) is 12.8 Å². The second kappa shape index (κ2) is 3.67. The van der Waals surface area contributed by atoms with Gasteiger partial charge in [-0.2, -0.15) is 0 Å². The molecule has 0 aliphatic carbocycles. The molecule has 0 saturated carbocycles. The van der Waals surface area contributed by atoms with Crippen LogP contribution < -0.4 is 0 Å². The highest BCUT2D eigenvalue weighted by Crippen LogP contribution is 2.17. The van der Waals surface area contributed by atoms with Crippen molar-refractivity contribution in [2.24, 2.45) is 5.92 Å². The van der Waals surface area contributed by atoms with Crippen molar-refractivity contribution in [2.45, 2.75) is 20.3 Å². The molecule has 0 radical (unpaired) electrons. The fraction of sp³-hybridized carbons (Fsp3) is 0.444. The maximum absolute atomic E-state index is 10.3. The number of hydrogen-bond acceptors (Lipinski definition) is 2. The molecular formula is C9H12OS. The van der Waals surface area contributed by atoms with Crippen molar-refractivity contribution in [1.82, 2.24) is 0 Å². The SMILES string of the molecule is Cc1ccc(CC(C)C=O)s1. The first-order valence-electron chi connectivity index (χ1n) is 3.73. The lowest BCUT2D eigenvalue weighted by molar-refractivity contribution is -0.110. The Morgan fingerprint density at radius 3 is 2.82 bits per heavy atom. The molecule has 0 amide bonds. The Morgan fingerprint density at radius 1 is 1.64 bits per heavy atom. The van der Waals surface area contributed by atoms with Gasteiger partial charge in [0.15, 0.2) is 0 Å². The van der Waals surface area contributed by atoms with Crippen molar-refractivity contribution >= 4 is 17.6 Å². The van der Waals surface area contributed by atoms with E-state index in [2.05, 4.69) is 19.1 Å². The van der Waals surface area contributed by atoms with Crippen LogP contribution in [-0.4, -0.2) is 6.29 Å². The summed E-state index contributed by atoms with van der Waals surface area (Å²) in [4.78, 5) is 12.9. The van der Waals surface area contributed by atoms with Gasteiger partial charge in [0.2, 0.25) is 0 Å². The molecule has 1 rings (SSSR count). The highest BCUT2D eigenvalue weighted by Gasteiger charge is 2.02. The first-order chi connectivity index (χ1) is 5.22. The van der Waals surface area contributed by atoms with Gasteiger partial charge in [-0.1, -0.05) is 6.92 Å². The fourth-order valence-corrected chi connectivity index (χ4v) is 1.99. The highest BCUT2D eigenvalue weighted by molar-refractivity contribution is 7.11. The predicted octanol–water partition coefficient (Wildman–Crippen LogP) is 2.43. The molecule has 0 spiro atoms. The summed E-state index contributed by atoms with van der Waals surface area (Å²) in [5.74, 6) is 0.160. The molecule has 1 aromatic rings. The van der Waals surface area contributed by atoms with Crippen LogP contribution in [0.1, 0.15) is 16.7 Å². The molecule has 60 valence electrons. The molecule has 11 heavy (non-hydrogen) atoms. The molecule has 1 unspecified atom stereocenters. The van der Waals surface area contributed by atoms with Crippen molar-refractivity contribution < 1.29 is 4.79 Å². The van der Waals surface area contributed by atoms with Crippen molar-refractivity contribution in [3.63, 3.8) is 0 Å². The second-order valence-corrected chi connectivity index (χ2v) is 4.20. The summed E-state index contributed by atoms with van der Waals surface area (Å²) in [7, 11) is 0. The molecule has 0 saturated heterocycles. The number of carbonyl (C=O) groups excluding carboxylic acids is 1. The lowest BCUT2D eigenvalue weighted by Crippen LogP contribution is -1.97. The van der Waals surface area contributed by atoms with Crippen LogP contribution in [0.2, 0.25) is 0 Å². The molecule has 0 aliphatic rings. The van der Waals surface area contributed by atoms with Crippen LogP contribution in [0.3, 0.4) is 0 Å². The van der Waals surface area contributed by atoms with Crippen molar-refractivity contribution in [2.75, 3.05) is 0 Å². The highest BCUT2D eigenvalue weighted by atomic mass is 32.1. The Kier molecular flexibility index (Phi) is 2.83. The summed E-state index contributed by atoms with van der Waals surface area (Å²) < 4.78 is 0. The minimum absolute atomic E-state index is 0.160. The zero-order chi connectivity index (χ0) is 8.27. The molecule has 0 fully saturated rings. The predicted molar refractivity (Wildman–Crippen MR) is 48.0 cm³/mol.